The Bertz CT molecular complexity index is 829. The highest BCUT2D eigenvalue weighted by atomic mass is 32.2. The van der Waals surface area contributed by atoms with Crippen LogP contribution in [0.3, 0.4) is 0 Å². The molecule has 0 aliphatic carbocycles. The molecule has 1 heterocycles. The summed E-state index contributed by atoms with van der Waals surface area (Å²) in [4.78, 5) is 28.6. The van der Waals surface area contributed by atoms with Gasteiger partial charge in [0.25, 0.3) is 11.8 Å². The van der Waals surface area contributed by atoms with E-state index in [4.69, 9.17) is 0 Å². The summed E-state index contributed by atoms with van der Waals surface area (Å²) in [5.74, 6) is 0.00749. The van der Waals surface area contributed by atoms with Gasteiger partial charge in [-0.25, -0.2) is 4.90 Å². The SMILES string of the molecule is CSc1ccc2c(c1)C(=O)N(c1c(C(C)C)cccc1C(C)C)C2=O. The molecule has 4 heteroatoms. The van der Waals surface area contributed by atoms with Gasteiger partial charge in [-0.1, -0.05) is 45.9 Å². The van der Waals surface area contributed by atoms with Crippen LogP contribution >= 0.6 is 11.8 Å². The lowest BCUT2D eigenvalue weighted by Crippen LogP contribution is -2.31. The molecule has 0 spiro atoms. The van der Waals surface area contributed by atoms with Gasteiger partial charge in [0.15, 0.2) is 0 Å². The number of thioether (sulfide) groups is 1. The Hall–Kier alpha value is -2.07. The third kappa shape index (κ3) is 2.89. The molecule has 1 aliphatic heterocycles. The van der Waals surface area contributed by atoms with E-state index in [2.05, 4.69) is 27.7 Å². The number of carbonyl (C=O) groups is 2. The highest BCUT2D eigenvalue weighted by Crippen LogP contribution is 2.39. The van der Waals surface area contributed by atoms with E-state index < -0.39 is 0 Å². The smallest absolute Gasteiger partial charge is 0.266 e. The van der Waals surface area contributed by atoms with E-state index in [9.17, 15) is 9.59 Å². The van der Waals surface area contributed by atoms with Crippen LogP contribution in [0.1, 0.15) is 71.4 Å². The average molecular weight is 353 g/mol. The number of fused-ring (bicyclic) bond motifs is 1. The second-order valence-corrected chi connectivity index (χ2v) is 7.83. The number of carbonyl (C=O) groups excluding carboxylic acids is 2. The molecule has 130 valence electrons. The second kappa shape index (κ2) is 6.68. The molecular weight excluding hydrogens is 330 g/mol. The predicted octanol–water partition coefficient (Wildman–Crippen LogP) is 5.46. The Labute approximate surface area is 153 Å². The van der Waals surface area contributed by atoms with E-state index in [1.165, 1.54) is 4.90 Å². The maximum absolute atomic E-state index is 13.1. The summed E-state index contributed by atoms with van der Waals surface area (Å²) in [7, 11) is 0. The number of benzene rings is 2. The van der Waals surface area contributed by atoms with E-state index in [-0.39, 0.29) is 23.7 Å². The summed E-state index contributed by atoms with van der Waals surface area (Å²) in [6.07, 6.45) is 1.96. The molecule has 0 saturated carbocycles. The largest absolute Gasteiger partial charge is 0.268 e. The van der Waals surface area contributed by atoms with Gasteiger partial charge in [0.2, 0.25) is 0 Å². The fourth-order valence-electron chi connectivity index (χ4n) is 3.32. The predicted molar refractivity (Wildman–Crippen MR) is 104 cm³/mol. The molecule has 3 nitrogen and oxygen atoms in total. The summed E-state index contributed by atoms with van der Waals surface area (Å²) >= 11 is 1.57. The summed E-state index contributed by atoms with van der Waals surface area (Å²) < 4.78 is 0. The highest BCUT2D eigenvalue weighted by molar-refractivity contribution is 7.98. The van der Waals surface area contributed by atoms with Crippen LogP contribution < -0.4 is 4.90 Å². The molecule has 2 amide bonds. The van der Waals surface area contributed by atoms with Crippen molar-refractivity contribution >= 4 is 29.3 Å². The van der Waals surface area contributed by atoms with Gasteiger partial charge in [0, 0.05) is 4.90 Å². The van der Waals surface area contributed by atoms with Crippen LogP contribution in [-0.4, -0.2) is 18.1 Å². The first-order chi connectivity index (χ1) is 11.9. The monoisotopic (exact) mass is 353 g/mol. The number of amides is 2. The first kappa shape index (κ1) is 17.7. The maximum atomic E-state index is 13.1. The van der Waals surface area contributed by atoms with Crippen molar-refractivity contribution in [3.05, 3.63) is 58.7 Å². The number of hydrogen-bond acceptors (Lipinski definition) is 3. The molecule has 0 unspecified atom stereocenters. The third-order valence-corrected chi connectivity index (χ3v) is 5.39. The summed E-state index contributed by atoms with van der Waals surface area (Å²) in [5.41, 5.74) is 3.84. The minimum absolute atomic E-state index is 0.217. The van der Waals surface area contributed by atoms with Gasteiger partial charge < -0.3 is 0 Å². The van der Waals surface area contributed by atoms with E-state index in [1.54, 1.807) is 17.8 Å². The van der Waals surface area contributed by atoms with E-state index >= 15 is 0 Å². The molecule has 1 aliphatic rings. The molecular formula is C21H23NO2S. The lowest BCUT2D eigenvalue weighted by Gasteiger charge is -2.25. The Morgan fingerprint density at radius 2 is 1.40 bits per heavy atom. The molecule has 25 heavy (non-hydrogen) atoms. The molecule has 0 saturated heterocycles. The molecule has 2 aromatic carbocycles. The number of para-hydroxylation sites is 1. The van der Waals surface area contributed by atoms with Crippen molar-refractivity contribution in [1.29, 1.82) is 0 Å². The molecule has 0 bridgehead atoms. The molecule has 0 aromatic heterocycles. The summed E-state index contributed by atoms with van der Waals surface area (Å²) in [6.45, 7) is 8.36. The number of hydrogen-bond donors (Lipinski definition) is 0. The van der Waals surface area contributed by atoms with Crippen molar-refractivity contribution in [1.82, 2.24) is 0 Å². The average Bonchev–Trinajstić information content (AvgIpc) is 2.84. The van der Waals surface area contributed by atoms with Gasteiger partial charge in [-0.05, 0) is 47.4 Å². The number of rotatable bonds is 4. The maximum Gasteiger partial charge on any atom is 0.266 e. The minimum Gasteiger partial charge on any atom is -0.268 e. The summed E-state index contributed by atoms with van der Waals surface area (Å²) in [6, 6.07) is 11.5. The second-order valence-electron chi connectivity index (χ2n) is 6.95. The first-order valence-corrected chi connectivity index (χ1v) is 9.78. The molecule has 0 radical (unpaired) electrons. The van der Waals surface area contributed by atoms with E-state index in [0.29, 0.717) is 11.1 Å². The van der Waals surface area contributed by atoms with Gasteiger partial charge >= 0.3 is 0 Å². The van der Waals surface area contributed by atoms with E-state index in [0.717, 1.165) is 21.7 Å². The van der Waals surface area contributed by atoms with Gasteiger partial charge in [0.1, 0.15) is 0 Å². The van der Waals surface area contributed by atoms with Gasteiger partial charge in [-0.15, -0.1) is 11.8 Å². The first-order valence-electron chi connectivity index (χ1n) is 8.56. The fraction of sp³-hybridized carbons (Fsp3) is 0.333. The summed E-state index contributed by atoms with van der Waals surface area (Å²) in [5, 5.41) is 0. The van der Waals surface area contributed by atoms with Gasteiger partial charge in [-0.2, -0.15) is 0 Å². The Balaban J connectivity index is 2.21. The van der Waals surface area contributed by atoms with Gasteiger partial charge in [-0.3, -0.25) is 9.59 Å². The molecule has 0 fully saturated rings. The Morgan fingerprint density at radius 1 is 0.840 bits per heavy atom. The van der Waals surface area contributed by atoms with Crippen molar-refractivity contribution < 1.29 is 9.59 Å². The zero-order chi connectivity index (χ0) is 18.3. The van der Waals surface area contributed by atoms with Crippen LogP contribution in [0.5, 0.6) is 0 Å². The van der Waals surface area contributed by atoms with Gasteiger partial charge in [0.05, 0.1) is 16.8 Å². The normalized spacial score (nSPS) is 14.0. The quantitative estimate of drug-likeness (QED) is 0.541. The molecule has 3 rings (SSSR count). The van der Waals surface area contributed by atoms with Crippen LogP contribution in [0.15, 0.2) is 41.3 Å². The fourth-order valence-corrected chi connectivity index (χ4v) is 3.76. The minimum atomic E-state index is -0.220. The zero-order valence-electron chi connectivity index (χ0n) is 15.3. The van der Waals surface area contributed by atoms with Crippen molar-refractivity contribution in [2.24, 2.45) is 0 Å². The van der Waals surface area contributed by atoms with Crippen molar-refractivity contribution in [3.63, 3.8) is 0 Å². The van der Waals surface area contributed by atoms with Crippen LogP contribution in [0.2, 0.25) is 0 Å². The topological polar surface area (TPSA) is 37.4 Å². The van der Waals surface area contributed by atoms with Crippen LogP contribution in [0, 0.1) is 0 Å². The Kier molecular flexibility index (Phi) is 4.74. The molecule has 0 atom stereocenters. The molecule has 0 N–H and O–H groups in total. The van der Waals surface area contributed by atoms with Crippen molar-refractivity contribution in [2.75, 3.05) is 11.2 Å². The lowest BCUT2D eigenvalue weighted by atomic mass is 9.92. The number of anilines is 1. The van der Waals surface area contributed by atoms with Crippen molar-refractivity contribution in [2.45, 2.75) is 44.4 Å². The Morgan fingerprint density at radius 3 is 1.92 bits per heavy atom. The zero-order valence-corrected chi connectivity index (χ0v) is 16.1. The number of imide groups is 1. The van der Waals surface area contributed by atoms with E-state index in [1.807, 2.05) is 36.6 Å². The lowest BCUT2D eigenvalue weighted by molar-refractivity contribution is 0.0925. The van der Waals surface area contributed by atoms with Crippen LogP contribution in [0.4, 0.5) is 5.69 Å². The van der Waals surface area contributed by atoms with Crippen LogP contribution in [0.25, 0.3) is 0 Å². The highest BCUT2D eigenvalue weighted by Gasteiger charge is 2.39. The van der Waals surface area contributed by atoms with Crippen molar-refractivity contribution in [3.8, 4) is 0 Å². The number of nitrogens with zero attached hydrogens (tertiary/aromatic N) is 1. The third-order valence-electron chi connectivity index (χ3n) is 4.66. The molecule has 2 aromatic rings. The van der Waals surface area contributed by atoms with Crippen LogP contribution in [-0.2, 0) is 0 Å². The standard InChI is InChI=1S/C21H23NO2S/c1-12(2)15-7-6-8-16(13(3)4)19(15)22-20(23)17-10-9-14(25-5)11-18(17)21(22)24/h6-13H,1-5H3.